The van der Waals surface area contributed by atoms with Gasteiger partial charge in [0.1, 0.15) is 5.76 Å². The SMILES string of the molecule is O=C1C(NCc2ccco2)CCN1c1ccccc1. The maximum Gasteiger partial charge on any atom is 0.244 e. The topological polar surface area (TPSA) is 45.5 Å². The van der Waals surface area contributed by atoms with E-state index >= 15 is 0 Å². The average molecular weight is 256 g/mol. The monoisotopic (exact) mass is 256 g/mol. The standard InChI is InChI=1S/C15H16N2O2/c18-15-14(16-11-13-7-4-10-19-13)8-9-17(15)12-5-2-1-3-6-12/h1-7,10,14,16H,8-9,11H2. The quantitative estimate of drug-likeness (QED) is 0.912. The molecule has 1 atom stereocenters. The summed E-state index contributed by atoms with van der Waals surface area (Å²) in [5.41, 5.74) is 0.967. The lowest BCUT2D eigenvalue weighted by Crippen LogP contribution is -2.37. The zero-order valence-corrected chi connectivity index (χ0v) is 10.6. The molecule has 1 amide bonds. The van der Waals surface area contributed by atoms with Gasteiger partial charge in [-0.05, 0) is 30.7 Å². The Bertz CT molecular complexity index is 537. The molecule has 1 aromatic carbocycles. The molecular formula is C15H16N2O2. The molecule has 1 N–H and O–H groups in total. The van der Waals surface area contributed by atoms with Crippen molar-refractivity contribution >= 4 is 11.6 Å². The van der Waals surface area contributed by atoms with Gasteiger partial charge in [0.2, 0.25) is 5.91 Å². The third kappa shape index (κ3) is 2.53. The van der Waals surface area contributed by atoms with Crippen LogP contribution in [0.3, 0.4) is 0 Å². The minimum Gasteiger partial charge on any atom is -0.468 e. The van der Waals surface area contributed by atoms with Crippen LogP contribution in [-0.4, -0.2) is 18.5 Å². The highest BCUT2D eigenvalue weighted by molar-refractivity contribution is 5.99. The fourth-order valence-electron chi connectivity index (χ4n) is 2.37. The van der Waals surface area contributed by atoms with Crippen LogP contribution in [0.2, 0.25) is 0 Å². The minimum atomic E-state index is -0.120. The van der Waals surface area contributed by atoms with Crippen molar-refractivity contribution in [2.75, 3.05) is 11.4 Å². The van der Waals surface area contributed by atoms with E-state index in [2.05, 4.69) is 5.32 Å². The Morgan fingerprint density at radius 1 is 1.21 bits per heavy atom. The molecule has 0 aliphatic carbocycles. The van der Waals surface area contributed by atoms with Gasteiger partial charge in [0.05, 0.1) is 18.8 Å². The van der Waals surface area contributed by atoms with Crippen molar-refractivity contribution in [3.05, 3.63) is 54.5 Å². The van der Waals surface area contributed by atoms with E-state index in [1.807, 2.05) is 47.4 Å². The molecule has 1 unspecified atom stereocenters. The summed E-state index contributed by atoms with van der Waals surface area (Å²) in [6.45, 7) is 1.35. The number of rotatable bonds is 4. The number of hydrogen-bond donors (Lipinski definition) is 1. The number of amides is 1. The van der Waals surface area contributed by atoms with Crippen molar-refractivity contribution in [3.8, 4) is 0 Å². The van der Waals surface area contributed by atoms with Gasteiger partial charge in [-0.2, -0.15) is 0 Å². The first-order valence-electron chi connectivity index (χ1n) is 6.47. The van der Waals surface area contributed by atoms with Gasteiger partial charge < -0.3 is 9.32 Å². The molecular weight excluding hydrogens is 240 g/mol. The number of benzene rings is 1. The summed E-state index contributed by atoms with van der Waals surface area (Å²) in [5.74, 6) is 0.990. The molecule has 3 rings (SSSR count). The van der Waals surface area contributed by atoms with Crippen molar-refractivity contribution in [2.24, 2.45) is 0 Å². The first-order chi connectivity index (χ1) is 9.34. The van der Waals surface area contributed by atoms with Gasteiger partial charge in [-0.25, -0.2) is 0 Å². The molecule has 1 saturated heterocycles. The Morgan fingerprint density at radius 3 is 2.79 bits per heavy atom. The van der Waals surface area contributed by atoms with E-state index in [9.17, 15) is 4.79 Å². The fourth-order valence-corrected chi connectivity index (χ4v) is 2.37. The molecule has 1 aromatic heterocycles. The summed E-state index contributed by atoms with van der Waals surface area (Å²) in [5, 5.41) is 3.25. The maximum absolute atomic E-state index is 12.3. The van der Waals surface area contributed by atoms with E-state index in [0.717, 1.165) is 24.4 Å². The van der Waals surface area contributed by atoms with E-state index in [1.165, 1.54) is 0 Å². The number of furan rings is 1. The molecule has 4 heteroatoms. The van der Waals surface area contributed by atoms with Gasteiger partial charge in [0, 0.05) is 12.2 Å². The molecule has 4 nitrogen and oxygen atoms in total. The first-order valence-corrected chi connectivity index (χ1v) is 6.47. The largest absolute Gasteiger partial charge is 0.468 e. The van der Waals surface area contributed by atoms with Crippen LogP contribution in [-0.2, 0) is 11.3 Å². The van der Waals surface area contributed by atoms with Gasteiger partial charge in [0.25, 0.3) is 0 Å². The Balaban J connectivity index is 1.62. The smallest absolute Gasteiger partial charge is 0.244 e. The molecule has 2 heterocycles. The molecule has 0 radical (unpaired) electrons. The Labute approximate surface area is 112 Å². The number of nitrogens with one attached hydrogen (secondary N) is 1. The highest BCUT2D eigenvalue weighted by Gasteiger charge is 2.31. The molecule has 98 valence electrons. The van der Waals surface area contributed by atoms with Gasteiger partial charge in [-0.3, -0.25) is 10.1 Å². The molecule has 1 fully saturated rings. The van der Waals surface area contributed by atoms with Crippen LogP contribution in [0.25, 0.3) is 0 Å². The number of carbonyl (C=O) groups is 1. The van der Waals surface area contributed by atoms with E-state index < -0.39 is 0 Å². The predicted molar refractivity (Wildman–Crippen MR) is 72.7 cm³/mol. The van der Waals surface area contributed by atoms with Crippen molar-refractivity contribution in [1.82, 2.24) is 5.32 Å². The lowest BCUT2D eigenvalue weighted by atomic mass is 10.2. The summed E-state index contributed by atoms with van der Waals surface area (Å²) >= 11 is 0. The minimum absolute atomic E-state index is 0.120. The van der Waals surface area contributed by atoms with E-state index in [0.29, 0.717) is 6.54 Å². The van der Waals surface area contributed by atoms with Crippen LogP contribution in [0.5, 0.6) is 0 Å². The van der Waals surface area contributed by atoms with Crippen molar-refractivity contribution in [1.29, 1.82) is 0 Å². The second-order valence-electron chi connectivity index (χ2n) is 4.63. The average Bonchev–Trinajstić information content (AvgIpc) is 3.07. The number of hydrogen-bond acceptors (Lipinski definition) is 3. The molecule has 0 saturated carbocycles. The third-order valence-electron chi connectivity index (χ3n) is 3.38. The predicted octanol–water partition coefficient (Wildman–Crippen LogP) is 2.17. The normalized spacial score (nSPS) is 19.1. The van der Waals surface area contributed by atoms with Gasteiger partial charge in [-0.15, -0.1) is 0 Å². The van der Waals surface area contributed by atoms with Crippen molar-refractivity contribution in [3.63, 3.8) is 0 Å². The van der Waals surface area contributed by atoms with Crippen LogP contribution in [0.4, 0.5) is 5.69 Å². The second-order valence-corrected chi connectivity index (χ2v) is 4.63. The summed E-state index contributed by atoms with van der Waals surface area (Å²) in [7, 11) is 0. The maximum atomic E-state index is 12.3. The summed E-state index contributed by atoms with van der Waals surface area (Å²) in [4.78, 5) is 14.1. The van der Waals surface area contributed by atoms with Crippen LogP contribution in [0, 0.1) is 0 Å². The third-order valence-corrected chi connectivity index (χ3v) is 3.38. The highest BCUT2D eigenvalue weighted by atomic mass is 16.3. The Kier molecular flexibility index (Phi) is 3.33. The van der Waals surface area contributed by atoms with Crippen LogP contribution in [0.1, 0.15) is 12.2 Å². The fraction of sp³-hybridized carbons (Fsp3) is 0.267. The van der Waals surface area contributed by atoms with Gasteiger partial charge >= 0.3 is 0 Å². The first kappa shape index (κ1) is 12.0. The molecule has 0 spiro atoms. The lowest BCUT2D eigenvalue weighted by Gasteiger charge is -2.16. The zero-order valence-electron chi connectivity index (χ0n) is 10.6. The van der Waals surface area contributed by atoms with Crippen LogP contribution >= 0.6 is 0 Å². The number of para-hydroxylation sites is 1. The number of nitrogens with zero attached hydrogens (tertiary/aromatic N) is 1. The Morgan fingerprint density at radius 2 is 2.05 bits per heavy atom. The van der Waals surface area contributed by atoms with Crippen LogP contribution < -0.4 is 10.2 Å². The molecule has 1 aliphatic heterocycles. The molecule has 2 aromatic rings. The van der Waals surface area contributed by atoms with E-state index in [1.54, 1.807) is 6.26 Å². The summed E-state index contributed by atoms with van der Waals surface area (Å²) < 4.78 is 5.25. The summed E-state index contributed by atoms with van der Waals surface area (Å²) in [6, 6.07) is 13.4. The molecule has 1 aliphatic rings. The van der Waals surface area contributed by atoms with Gasteiger partial charge in [-0.1, -0.05) is 18.2 Å². The molecule has 0 bridgehead atoms. The summed E-state index contributed by atoms with van der Waals surface area (Å²) in [6.07, 6.45) is 2.47. The zero-order chi connectivity index (χ0) is 13.1. The second kappa shape index (κ2) is 5.28. The number of anilines is 1. The van der Waals surface area contributed by atoms with E-state index in [-0.39, 0.29) is 11.9 Å². The van der Waals surface area contributed by atoms with Crippen molar-refractivity contribution in [2.45, 2.75) is 19.0 Å². The molecule has 19 heavy (non-hydrogen) atoms. The lowest BCUT2D eigenvalue weighted by molar-refractivity contribution is -0.118. The van der Waals surface area contributed by atoms with Gasteiger partial charge in [0.15, 0.2) is 0 Å². The Hall–Kier alpha value is -2.07. The number of carbonyl (C=O) groups excluding carboxylic acids is 1. The van der Waals surface area contributed by atoms with E-state index in [4.69, 9.17) is 4.42 Å². The van der Waals surface area contributed by atoms with Crippen molar-refractivity contribution < 1.29 is 9.21 Å². The van der Waals surface area contributed by atoms with Crippen LogP contribution in [0.15, 0.2) is 53.1 Å². The highest BCUT2D eigenvalue weighted by Crippen LogP contribution is 2.21.